The van der Waals surface area contributed by atoms with Gasteiger partial charge in [0.25, 0.3) is 0 Å². The molecule has 0 radical (unpaired) electrons. The van der Waals surface area contributed by atoms with Gasteiger partial charge in [-0.1, -0.05) is 0 Å². The van der Waals surface area contributed by atoms with E-state index in [1.807, 2.05) is 38.3 Å². The average Bonchev–Trinajstić information content (AvgIpc) is 2.81. The first-order valence-corrected chi connectivity index (χ1v) is 7.29. The third-order valence-electron chi connectivity index (χ3n) is 2.90. The molecule has 0 bridgehead atoms. The fourth-order valence-corrected chi connectivity index (χ4v) is 2.92. The minimum absolute atomic E-state index is 0.0281. The quantitative estimate of drug-likeness (QED) is 0.916. The van der Waals surface area contributed by atoms with E-state index in [1.54, 1.807) is 0 Å². The first-order valence-electron chi connectivity index (χ1n) is 6.42. The predicted octanol–water partition coefficient (Wildman–Crippen LogP) is 3.45. The number of nitrogens with zero attached hydrogens (tertiary/aromatic N) is 1. The van der Waals surface area contributed by atoms with E-state index in [9.17, 15) is 4.79 Å². The zero-order valence-corrected chi connectivity index (χ0v) is 12.6. The van der Waals surface area contributed by atoms with E-state index in [4.69, 9.17) is 9.84 Å². The summed E-state index contributed by atoms with van der Waals surface area (Å²) in [6, 6.07) is 4.05. The molecule has 1 N–H and O–H groups in total. The first-order chi connectivity index (χ1) is 9.51. The molecule has 4 nitrogen and oxygen atoms in total. The van der Waals surface area contributed by atoms with Crippen molar-refractivity contribution in [3.8, 4) is 17.0 Å². The molecule has 1 aromatic carbocycles. The molecule has 0 aliphatic carbocycles. The van der Waals surface area contributed by atoms with Crippen LogP contribution < -0.4 is 4.74 Å². The smallest absolute Gasteiger partial charge is 0.310 e. The van der Waals surface area contributed by atoms with Crippen molar-refractivity contribution in [2.75, 3.05) is 6.61 Å². The van der Waals surface area contributed by atoms with E-state index in [1.165, 1.54) is 11.3 Å². The fourth-order valence-electron chi connectivity index (χ4n) is 2.12. The standard InChI is InChI=1S/C15H17NO3S/c1-4-19-15-9(2)5-11(6-10(15)3)12-8-20-13(16-12)7-14(17)18/h5-6,8H,4,7H2,1-3H3,(H,17,18). The molecule has 0 aliphatic heterocycles. The van der Waals surface area contributed by atoms with Gasteiger partial charge in [0.2, 0.25) is 0 Å². The van der Waals surface area contributed by atoms with Crippen molar-refractivity contribution < 1.29 is 14.6 Å². The van der Waals surface area contributed by atoms with Gasteiger partial charge in [-0.25, -0.2) is 4.98 Å². The van der Waals surface area contributed by atoms with E-state index in [-0.39, 0.29) is 6.42 Å². The number of hydrogen-bond acceptors (Lipinski definition) is 4. The van der Waals surface area contributed by atoms with Gasteiger partial charge in [-0.15, -0.1) is 11.3 Å². The average molecular weight is 291 g/mol. The SMILES string of the molecule is CCOc1c(C)cc(-c2csc(CC(=O)O)n2)cc1C. The third-order valence-corrected chi connectivity index (χ3v) is 3.75. The lowest BCUT2D eigenvalue weighted by atomic mass is 10.0. The maximum Gasteiger partial charge on any atom is 0.310 e. The highest BCUT2D eigenvalue weighted by molar-refractivity contribution is 7.10. The highest BCUT2D eigenvalue weighted by Gasteiger charge is 2.11. The van der Waals surface area contributed by atoms with Crippen molar-refractivity contribution in [3.63, 3.8) is 0 Å². The number of ether oxygens (including phenoxy) is 1. The summed E-state index contributed by atoms with van der Waals surface area (Å²) < 4.78 is 5.62. The van der Waals surface area contributed by atoms with Crippen molar-refractivity contribution in [3.05, 3.63) is 33.6 Å². The van der Waals surface area contributed by atoms with Crippen molar-refractivity contribution in [2.45, 2.75) is 27.2 Å². The molecule has 5 heteroatoms. The summed E-state index contributed by atoms with van der Waals surface area (Å²) in [5.74, 6) is 0.0576. The number of benzene rings is 1. The Hall–Kier alpha value is -1.88. The summed E-state index contributed by atoms with van der Waals surface area (Å²) in [5.41, 5.74) is 3.95. The van der Waals surface area contributed by atoms with Gasteiger partial charge in [-0.05, 0) is 44.0 Å². The summed E-state index contributed by atoms with van der Waals surface area (Å²) in [7, 11) is 0. The fraction of sp³-hybridized carbons (Fsp3) is 0.333. The summed E-state index contributed by atoms with van der Waals surface area (Å²) in [6.45, 7) is 6.62. The lowest BCUT2D eigenvalue weighted by molar-refractivity contribution is -0.136. The number of aromatic nitrogens is 1. The topological polar surface area (TPSA) is 59.4 Å². The van der Waals surface area contributed by atoms with Gasteiger partial charge >= 0.3 is 5.97 Å². The van der Waals surface area contributed by atoms with E-state index in [0.29, 0.717) is 11.6 Å². The predicted molar refractivity (Wildman–Crippen MR) is 79.5 cm³/mol. The van der Waals surface area contributed by atoms with E-state index < -0.39 is 5.97 Å². The Morgan fingerprint density at radius 2 is 2.00 bits per heavy atom. The van der Waals surface area contributed by atoms with Crippen LogP contribution in [0.25, 0.3) is 11.3 Å². The first kappa shape index (κ1) is 14.5. The van der Waals surface area contributed by atoms with Gasteiger partial charge in [-0.3, -0.25) is 4.79 Å². The molecule has 0 saturated carbocycles. The normalized spacial score (nSPS) is 10.6. The number of aryl methyl sites for hydroxylation is 2. The van der Waals surface area contributed by atoms with Crippen LogP contribution in [-0.2, 0) is 11.2 Å². The number of carboxylic acids is 1. The minimum atomic E-state index is -0.857. The van der Waals surface area contributed by atoms with Crippen LogP contribution in [0, 0.1) is 13.8 Å². The number of carbonyl (C=O) groups is 1. The van der Waals surface area contributed by atoms with Gasteiger partial charge in [-0.2, -0.15) is 0 Å². The number of thiazole rings is 1. The Balaban J connectivity index is 2.33. The Labute approximate surface area is 122 Å². The minimum Gasteiger partial charge on any atom is -0.493 e. The number of aliphatic carboxylic acids is 1. The number of hydrogen-bond donors (Lipinski definition) is 1. The van der Waals surface area contributed by atoms with Crippen molar-refractivity contribution in [1.29, 1.82) is 0 Å². The molecule has 106 valence electrons. The van der Waals surface area contributed by atoms with Crippen LogP contribution in [0.5, 0.6) is 5.75 Å². The molecule has 0 unspecified atom stereocenters. The second-order valence-corrected chi connectivity index (χ2v) is 5.51. The van der Waals surface area contributed by atoms with Crippen LogP contribution in [0.4, 0.5) is 0 Å². The second kappa shape index (κ2) is 6.05. The molecule has 1 aromatic heterocycles. The van der Waals surface area contributed by atoms with Gasteiger partial charge in [0.15, 0.2) is 0 Å². The summed E-state index contributed by atoms with van der Waals surface area (Å²) in [4.78, 5) is 15.1. The maximum atomic E-state index is 10.7. The molecule has 20 heavy (non-hydrogen) atoms. The van der Waals surface area contributed by atoms with Gasteiger partial charge in [0.05, 0.1) is 18.7 Å². The van der Waals surface area contributed by atoms with Crippen molar-refractivity contribution in [2.24, 2.45) is 0 Å². The summed E-state index contributed by atoms with van der Waals surface area (Å²) >= 11 is 1.38. The monoisotopic (exact) mass is 291 g/mol. The molecule has 0 fully saturated rings. The van der Waals surface area contributed by atoms with E-state index >= 15 is 0 Å². The molecule has 0 amide bonds. The van der Waals surface area contributed by atoms with Gasteiger partial charge in [0, 0.05) is 10.9 Å². The molecular formula is C15H17NO3S. The van der Waals surface area contributed by atoms with Crippen molar-refractivity contribution >= 4 is 17.3 Å². The molecular weight excluding hydrogens is 274 g/mol. The van der Waals surface area contributed by atoms with E-state index in [2.05, 4.69) is 4.98 Å². The maximum absolute atomic E-state index is 10.7. The van der Waals surface area contributed by atoms with Crippen LogP contribution in [0.3, 0.4) is 0 Å². The molecule has 0 atom stereocenters. The number of rotatable bonds is 5. The molecule has 0 saturated heterocycles. The zero-order valence-electron chi connectivity index (χ0n) is 11.8. The lowest BCUT2D eigenvalue weighted by Gasteiger charge is -2.12. The lowest BCUT2D eigenvalue weighted by Crippen LogP contribution is -1.99. The Bertz CT molecular complexity index is 611. The summed E-state index contributed by atoms with van der Waals surface area (Å²) in [5, 5.41) is 11.3. The molecule has 0 aliphatic rings. The van der Waals surface area contributed by atoms with Crippen LogP contribution >= 0.6 is 11.3 Å². The van der Waals surface area contributed by atoms with Crippen LogP contribution in [0.15, 0.2) is 17.5 Å². The molecule has 2 aromatic rings. The summed E-state index contributed by atoms with van der Waals surface area (Å²) in [6.07, 6.45) is -0.0281. The zero-order chi connectivity index (χ0) is 14.7. The highest BCUT2D eigenvalue weighted by Crippen LogP contribution is 2.30. The Morgan fingerprint density at radius 3 is 2.55 bits per heavy atom. The van der Waals surface area contributed by atoms with Gasteiger partial charge in [0.1, 0.15) is 10.8 Å². The number of carboxylic acid groups (broad SMARTS) is 1. The van der Waals surface area contributed by atoms with Crippen LogP contribution in [0.2, 0.25) is 0 Å². The molecule has 1 heterocycles. The molecule has 0 spiro atoms. The largest absolute Gasteiger partial charge is 0.493 e. The Kier molecular flexibility index (Phi) is 4.39. The van der Waals surface area contributed by atoms with Crippen molar-refractivity contribution in [1.82, 2.24) is 4.98 Å². The van der Waals surface area contributed by atoms with Gasteiger partial charge < -0.3 is 9.84 Å². The molecule has 2 rings (SSSR count). The Morgan fingerprint density at radius 1 is 1.35 bits per heavy atom. The van der Waals surface area contributed by atoms with E-state index in [0.717, 1.165) is 28.1 Å². The third kappa shape index (κ3) is 3.17. The van der Waals surface area contributed by atoms with Crippen LogP contribution in [-0.4, -0.2) is 22.7 Å². The second-order valence-electron chi connectivity index (χ2n) is 4.57. The highest BCUT2D eigenvalue weighted by atomic mass is 32.1. The van der Waals surface area contributed by atoms with Crippen LogP contribution in [0.1, 0.15) is 23.1 Å².